The topological polar surface area (TPSA) is 75.5 Å². The number of hydrogen-bond donors (Lipinski definition) is 2. The summed E-state index contributed by atoms with van der Waals surface area (Å²) in [7, 11) is 4.10. The number of aromatic nitrogens is 2. The molecule has 0 saturated heterocycles. The molecule has 0 saturated carbocycles. The maximum absolute atomic E-state index is 9.92. The molecule has 1 aromatic heterocycles. The highest BCUT2D eigenvalue weighted by Crippen LogP contribution is 2.48. The Bertz CT molecular complexity index is 1040. The number of nitrogens with two attached hydrogens (primary N) is 1. The fourth-order valence-corrected chi connectivity index (χ4v) is 3.84. The number of phenolic OH excluding ortho intramolecular Hbond substituents is 1. The third-order valence-electron chi connectivity index (χ3n) is 5.14. The molecule has 1 atom stereocenters. The van der Waals surface area contributed by atoms with E-state index >= 15 is 0 Å². The summed E-state index contributed by atoms with van der Waals surface area (Å²) in [6, 6.07) is 12.8. The molecule has 0 spiro atoms. The van der Waals surface area contributed by atoms with E-state index < -0.39 is 0 Å². The fourth-order valence-electron chi connectivity index (χ4n) is 3.72. The third-order valence-corrected chi connectivity index (χ3v) is 5.39. The van der Waals surface area contributed by atoms with Crippen molar-refractivity contribution in [3.05, 3.63) is 70.5 Å². The van der Waals surface area contributed by atoms with Crippen LogP contribution >= 0.6 is 11.6 Å². The van der Waals surface area contributed by atoms with Gasteiger partial charge in [-0.1, -0.05) is 34.8 Å². The SMILES string of the molecule is CN(C)CCC[n+]1cnc2c(c1N)[C@@H](c1ccc(Cl)cc1)c1ccc(O)cc1O2. The molecular weight excluding hydrogens is 388 g/mol. The van der Waals surface area contributed by atoms with Gasteiger partial charge in [-0.15, -0.1) is 0 Å². The van der Waals surface area contributed by atoms with Crippen molar-refractivity contribution in [1.29, 1.82) is 0 Å². The van der Waals surface area contributed by atoms with E-state index in [4.69, 9.17) is 22.1 Å². The van der Waals surface area contributed by atoms with E-state index in [2.05, 4.69) is 24.0 Å². The van der Waals surface area contributed by atoms with Gasteiger partial charge in [-0.2, -0.15) is 0 Å². The largest absolute Gasteiger partial charge is 0.508 e. The van der Waals surface area contributed by atoms with Crippen LogP contribution in [0.3, 0.4) is 0 Å². The average Bonchev–Trinajstić information content (AvgIpc) is 2.68. The molecule has 0 amide bonds. The lowest BCUT2D eigenvalue weighted by atomic mass is 9.83. The van der Waals surface area contributed by atoms with Crippen molar-refractivity contribution in [2.24, 2.45) is 0 Å². The number of fused-ring (bicyclic) bond motifs is 2. The van der Waals surface area contributed by atoms with Crippen molar-refractivity contribution in [2.45, 2.75) is 18.9 Å². The Morgan fingerprint density at radius 2 is 1.97 bits per heavy atom. The molecule has 0 unspecified atom stereocenters. The zero-order chi connectivity index (χ0) is 20.5. The minimum Gasteiger partial charge on any atom is -0.508 e. The van der Waals surface area contributed by atoms with Crippen LogP contribution < -0.4 is 15.0 Å². The van der Waals surface area contributed by atoms with Crippen molar-refractivity contribution in [2.75, 3.05) is 26.4 Å². The van der Waals surface area contributed by atoms with Crippen molar-refractivity contribution >= 4 is 17.4 Å². The first-order chi connectivity index (χ1) is 13.9. The molecule has 0 radical (unpaired) electrons. The molecule has 150 valence electrons. The Morgan fingerprint density at radius 1 is 1.21 bits per heavy atom. The number of anilines is 1. The molecule has 1 aliphatic rings. The first-order valence-corrected chi connectivity index (χ1v) is 9.90. The van der Waals surface area contributed by atoms with Gasteiger partial charge in [-0.25, -0.2) is 4.57 Å². The third kappa shape index (κ3) is 3.86. The van der Waals surface area contributed by atoms with Gasteiger partial charge in [0.25, 0.3) is 0 Å². The molecule has 0 fully saturated rings. The number of nitrogen functional groups attached to an aromatic ring is 1. The maximum Gasteiger partial charge on any atom is 0.306 e. The number of rotatable bonds is 5. The average molecular weight is 412 g/mol. The first-order valence-electron chi connectivity index (χ1n) is 9.53. The van der Waals surface area contributed by atoms with Crippen LogP contribution in [0.4, 0.5) is 5.82 Å². The number of halogens is 1. The van der Waals surface area contributed by atoms with Gasteiger partial charge in [0.05, 0.1) is 12.5 Å². The lowest BCUT2D eigenvalue weighted by Crippen LogP contribution is -2.40. The summed E-state index contributed by atoms with van der Waals surface area (Å²) < 4.78 is 7.99. The molecule has 2 aromatic carbocycles. The van der Waals surface area contributed by atoms with Crippen molar-refractivity contribution in [3.63, 3.8) is 0 Å². The molecule has 4 rings (SSSR count). The van der Waals surface area contributed by atoms with Gasteiger partial charge in [0.1, 0.15) is 17.1 Å². The molecule has 0 aliphatic carbocycles. The standard InChI is InChI=1S/C22H23ClN4O2/c1-26(2)10-3-11-27-13-25-22-20(21(27)24)19(14-4-6-15(23)7-5-14)17-9-8-16(28)12-18(17)29-22/h4-9,12-13,19,24,28H,3,10-11H2,1-2H3/p+1/t19-/m0/s1. The number of phenols is 1. The number of aromatic hydroxyl groups is 1. The second-order valence-corrected chi connectivity index (χ2v) is 7.94. The highest BCUT2D eigenvalue weighted by Gasteiger charge is 2.36. The van der Waals surface area contributed by atoms with Crippen LogP contribution in [-0.2, 0) is 6.54 Å². The summed E-state index contributed by atoms with van der Waals surface area (Å²) in [4.78, 5) is 6.68. The molecule has 1 aliphatic heterocycles. The molecule has 3 N–H and O–H groups in total. The monoisotopic (exact) mass is 411 g/mol. The van der Waals surface area contributed by atoms with Crippen LogP contribution in [0.15, 0.2) is 48.8 Å². The number of hydrogen-bond acceptors (Lipinski definition) is 5. The second kappa shape index (κ2) is 7.89. The Kier molecular flexibility index (Phi) is 5.30. The molecule has 2 heterocycles. The van der Waals surface area contributed by atoms with Gasteiger partial charge in [0.2, 0.25) is 12.1 Å². The Labute approximate surface area is 175 Å². The molecule has 7 heteroatoms. The Balaban J connectivity index is 1.82. The lowest BCUT2D eigenvalue weighted by molar-refractivity contribution is -0.686. The van der Waals surface area contributed by atoms with Gasteiger partial charge in [0, 0.05) is 23.2 Å². The van der Waals surface area contributed by atoms with E-state index in [0.717, 1.165) is 36.2 Å². The van der Waals surface area contributed by atoms with E-state index in [9.17, 15) is 5.11 Å². The maximum atomic E-state index is 9.92. The molecular formula is C22H24ClN4O2+. The summed E-state index contributed by atoms with van der Waals surface area (Å²) in [6.45, 7) is 1.73. The van der Waals surface area contributed by atoms with E-state index in [0.29, 0.717) is 22.5 Å². The van der Waals surface area contributed by atoms with Crippen LogP contribution in [-0.4, -0.2) is 35.6 Å². The number of benzene rings is 2. The summed E-state index contributed by atoms with van der Waals surface area (Å²) in [5.74, 6) is 1.65. The van der Waals surface area contributed by atoms with Gasteiger partial charge in [-0.3, -0.25) is 0 Å². The van der Waals surface area contributed by atoms with E-state index in [1.165, 1.54) is 0 Å². The van der Waals surface area contributed by atoms with Crippen LogP contribution in [0.25, 0.3) is 0 Å². The van der Waals surface area contributed by atoms with Crippen LogP contribution in [0.5, 0.6) is 17.4 Å². The molecule has 6 nitrogen and oxygen atoms in total. The second-order valence-electron chi connectivity index (χ2n) is 7.51. The number of aryl methyl sites for hydroxylation is 1. The van der Waals surface area contributed by atoms with Crippen LogP contribution in [0, 0.1) is 0 Å². The fraction of sp³-hybridized carbons (Fsp3) is 0.273. The van der Waals surface area contributed by atoms with E-state index in [1.807, 2.05) is 34.9 Å². The van der Waals surface area contributed by atoms with Crippen LogP contribution in [0.1, 0.15) is 29.0 Å². The van der Waals surface area contributed by atoms with E-state index in [1.54, 1.807) is 18.5 Å². The number of ether oxygens (including phenoxy) is 1. The first kappa shape index (κ1) is 19.5. The smallest absolute Gasteiger partial charge is 0.306 e. The summed E-state index contributed by atoms with van der Waals surface area (Å²) >= 11 is 6.11. The summed E-state index contributed by atoms with van der Waals surface area (Å²) in [5.41, 5.74) is 9.41. The zero-order valence-corrected chi connectivity index (χ0v) is 17.2. The van der Waals surface area contributed by atoms with Gasteiger partial charge < -0.3 is 20.5 Å². The Morgan fingerprint density at radius 3 is 2.69 bits per heavy atom. The lowest BCUT2D eigenvalue weighted by Gasteiger charge is -2.27. The van der Waals surface area contributed by atoms with Gasteiger partial charge in [-0.05, 0) is 44.3 Å². The van der Waals surface area contributed by atoms with Gasteiger partial charge in [0.15, 0.2) is 0 Å². The molecule has 0 bridgehead atoms. The van der Waals surface area contributed by atoms with Crippen molar-refractivity contribution in [1.82, 2.24) is 9.88 Å². The predicted octanol–water partition coefficient (Wildman–Crippen LogP) is 3.55. The zero-order valence-electron chi connectivity index (χ0n) is 16.5. The molecule has 29 heavy (non-hydrogen) atoms. The quantitative estimate of drug-likeness (QED) is 0.491. The summed E-state index contributed by atoms with van der Waals surface area (Å²) in [6.07, 6.45) is 2.68. The van der Waals surface area contributed by atoms with E-state index in [-0.39, 0.29) is 11.7 Å². The van der Waals surface area contributed by atoms with Crippen LogP contribution in [0.2, 0.25) is 5.02 Å². The van der Waals surface area contributed by atoms with Crippen molar-refractivity contribution in [3.8, 4) is 17.4 Å². The highest BCUT2D eigenvalue weighted by atomic mass is 35.5. The Hall–Kier alpha value is -2.83. The predicted molar refractivity (Wildman–Crippen MR) is 113 cm³/mol. The van der Waals surface area contributed by atoms with Gasteiger partial charge >= 0.3 is 5.88 Å². The minimum atomic E-state index is -0.166. The molecule has 3 aromatic rings. The number of nitrogens with zero attached hydrogens (tertiary/aromatic N) is 3. The summed E-state index contributed by atoms with van der Waals surface area (Å²) in [5, 5.41) is 10.6. The van der Waals surface area contributed by atoms with Crippen molar-refractivity contribution < 1.29 is 14.4 Å². The minimum absolute atomic E-state index is 0.143. The highest BCUT2D eigenvalue weighted by molar-refractivity contribution is 6.30. The normalized spacial score (nSPS) is 15.0.